The van der Waals surface area contributed by atoms with Gasteiger partial charge in [0.2, 0.25) is 11.8 Å². The number of amides is 2. The molecular weight excluding hydrogens is 502 g/mol. The molecule has 0 spiro atoms. The van der Waals surface area contributed by atoms with E-state index in [1.165, 1.54) is 17.0 Å². The van der Waals surface area contributed by atoms with Gasteiger partial charge in [0.15, 0.2) is 0 Å². The maximum atomic E-state index is 13.8. The summed E-state index contributed by atoms with van der Waals surface area (Å²) < 4.78 is 34.2. The predicted octanol–water partition coefficient (Wildman–Crippen LogP) is 4.14. The van der Waals surface area contributed by atoms with E-state index in [0.717, 1.165) is 15.4 Å². The highest BCUT2D eigenvalue weighted by Gasteiger charge is 2.32. The first-order valence-electron chi connectivity index (χ1n) is 12.6. The number of sulfonamides is 1. The molecule has 3 aromatic rings. The molecule has 202 valence electrons. The quantitative estimate of drug-likeness (QED) is 0.375. The largest absolute Gasteiger partial charge is 0.494 e. The normalized spacial score (nSPS) is 11.9. The molecule has 0 aliphatic heterocycles. The number of hydrogen-bond acceptors (Lipinski definition) is 5. The van der Waals surface area contributed by atoms with Gasteiger partial charge in [-0.1, -0.05) is 42.5 Å². The lowest BCUT2D eigenvalue weighted by Gasteiger charge is -2.32. The predicted molar refractivity (Wildman–Crippen MR) is 148 cm³/mol. The second-order valence-corrected chi connectivity index (χ2v) is 10.6. The number of rotatable bonds is 12. The van der Waals surface area contributed by atoms with Gasteiger partial charge in [-0.25, -0.2) is 8.42 Å². The summed E-state index contributed by atoms with van der Waals surface area (Å²) in [6.07, 6.45) is 0. The van der Waals surface area contributed by atoms with Gasteiger partial charge in [-0.15, -0.1) is 0 Å². The molecule has 1 atom stereocenters. The average molecular weight is 538 g/mol. The second-order valence-electron chi connectivity index (χ2n) is 8.77. The first-order valence-corrected chi connectivity index (χ1v) is 14.0. The topological polar surface area (TPSA) is 96.0 Å². The van der Waals surface area contributed by atoms with Gasteiger partial charge >= 0.3 is 0 Å². The molecule has 3 rings (SSSR count). The Labute approximate surface area is 225 Å². The zero-order valence-electron chi connectivity index (χ0n) is 22.3. The summed E-state index contributed by atoms with van der Waals surface area (Å²) in [7, 11) is -4.12. The van der Waals surface area contributed by atoms with Crippen LogP contribution in [0.3, 0.4) is 0 Å². The van der Waals surface area contributed by atoms with Crippen LogP contribution in [0, 0.1) is 6.92 Å². The van der Waals surface area contributed by atoms with Crippen LogP contribution in [0.4, 0.5) is 5.69 Å². The van der Waals surface area contributed by atoms with Crippen LogP contribution in [-0.2, 0) is 26.2 Å². The molecule has 0 saturated heterocycles. The van der Waals surface area contributed by atoms with Gasteiger partial charge in [-0.2, -0.15) is 0 Å². The lowest BCUT2D eigenvalue weighted by molar-refractivity contribution is -0.139. The first-order chi connectivity index (χ1) is 18.2. The monoisotopic (exact) mass is 537 g/mol. The number of nitrogens with one attached hydrogen (secondary N) is 1. The van der Waals surface area contributed by atoms with Gasteiger partial charge in [0.05, 0.1) is 17.2 Å². The molecule has 0 heterocycles. The van der Waals surface area contributed by atoms with E-state index in [2.05, 4.69) is 5.32 Å². The number of aryl methyl sites for hydroxylation is 1. The summed E-state index contributed by atoms with van der Waals surface area (Å²) in [5, 5.41) is 2.76. The van der Waals surface area contributed by atoms with Crippen LogP contribution in [0.1, 0.15) is 31.9 Å². The summed E-state index contributed by atoms with van der Waals surface area (Å²) in [6, 6.07) is 21.4. The van der Waals surface area contributed by atoms with E-state index in [0.29, 0.717) is 24.6 Å². The van der Waals surface area contributed by atoms with Crippen molar-refractivity contribution in [1.82, 2.24) is 10.2 Å². The molecule has 2 amide bonds. The van der Waals surface area contributed by atoms with Crippen LogP contribution in [-0.4, -0.2) is 50.9 Å². The smallest absolute Gasteiger partial charge is 0.264 e. The Balaban J connectivity index is 2.00. The van der Waals surface area contributed by atoms with E-state index in [9.17, 15) is 18.0 Å². The average Bonchev–Trinajstić information content (AvgIpc) is 2.92. The third kappa shape index (κ3) is 6.92. The molecule has 0 aliphatic rings. The van der Waals surface area contributed by atoms with Crippen LogP contribution in [0.15, 0.2) is 83.8 Å². The van der Waals surface area contributed by atoms with Gasteiger partial charge < -0.3 is 15.0 Å². The van der Waals surface area contributed by atoms with Gasteiger partial charge in [-0.05, 0) is 75.2 Å². The third-order valence-corrected chi connectivity index (χ3v) is 7.95. The molecule has 0 aromatic heterocycles. The Morgan fingerprint density at radius 3 is 2.16 bits per heavy atom. The maximum Gasteiger partial charge on any atom is 0.264 e. The summed E-state index contributed by atoms with van der Waals surface area (Å²) in [5.74, 6) is -0.255. The SMILES string of the molecule is CCNC(=O)[C@H](C)N(Cc1ccccc1C)C(=O)CN(c1ccccc1)S(=O)(=O)c1ccc(OCC)cc1. The molecule has 8 nitrogen and oxygen atoms in total. The number of carbonyl (C=O) groups is 2. The summed E-state index contributed by atoms with van der Waals surface area (Å²) in [4.78, 5) is 28.1. The zero-order valence-corrected chi connectivity index (χ0v) is 23.1. The van der Waals surface area contributed by atoms with Crippen molar-refractivity contribution in [2.45, 2.75) is 45.2 Å². The molecule has 0 unspecified atom stereocenters. The van der Waals surface area contributed by atoms with Crippen molar-refractivity contribution in [3.05, 3.63) is 90.0 Å². The Kier molecular flexibility index (Phi) is 9.90. The summed E-state index contributed by atoms with van der Waals surface area (Å²) in [6.45, 7) is 7.78. The van der Waals surface area contributed by atoms with Crippen molar-refractivity contribution in [2.24, 2.45) is 0 Å². The highest BCUT2D eigenvalue weighted by atomic mass is 32.2. The number of benzene rings is 3. The van der Waals surface area contributed by atoms with E-state index >= 15 is 0 Å². The maximum absolute atomic E-state index is 13.8. The van der Waals surface area contributed by atoms with Crippen LogP contribution >= 0.6 is 0 Å². The number of anilines is 1. The Morgan fingerprint density at radius 2 is 1.55 bits per heavy atom. The van der Waals surface area contributed by atoms with Crippen LogP contribution in [0.5, 0.6) is 5.75 Å². The Hall–Kier alpha value is -3.85. The number of para-hydroxylation sites is 1. The molecule has 0 bridgehead atoms. The van der Waals surface area contributed by atoms with Crippen molar-refractivity contribution in [3.8, 4) is 5.75 Å². The molecule has 3 aromatic carbocycles. The van der Waals surface area contributed by atoms with E-state index < -0.39 is 28.5 Å². The number of ether oxygens (including phenoxy) is 1. The van der Waals surface area contributed by atoms with Crippen molar-refractivity contribution < 1.29 is 22.7 Å². The van der Waals surface area contributed by atoms with Crippen LogP contribution in [0.25, 0.3) is 0 Å². The fourth-order valence-corrected chi connectivity index (χ4v) is 5.41. The second kappa shape index (κ2) is 13.1. The fourth-order valence-electron chi connectivity index (χ4n) is 4.00. The van der Waals surface area contributed by atoms with Gasteiger partial charge in [-0.3, -0.25) is 13.9 Å². The zero-order chi connectivity index (χ0) is 27.7. The van der Waals surface area contributed by atoms with Crippen molar-refractivity contribution in [2.75, 3.05) is 24.0 Å². The number of carbonyl (C=O) groups excluding carboxylic acids is 2. The van der Waals surface area contributed by atoms with Crippen molar-refractivity contribution >= 4 is 27.5 Å². The molecule has 0 radical (unpaired) electrons. The number of hydrogen-bond donors (Lipinski definition) is 1. The molecule has 38 heavy (non-hydrogen) atoms. The first kappa shape index (κ1) is 28.7. The van der Waals surface area contributed by atoms with E-state index in [1.54, 1.807) is 56.3 Å². The van der Waals surface area contributed by atoms with Gasteiger partial charge in [0.1, 0.15) is 18.3 Å². The minimum absolute atomic E-state index is 0.0276. The molecular formula is C29H35N3O5S. The van der Waals surface area contributed by atoms with Crippen LogP contribution in [0.2, 0.25) is 0 Å². The highest BCUT2D eigenvalue weighted by molar-refractivity contribution is 7.92. The summed E-state index contributed by atoms with van der Waals surface area (Å²) in [5.41, 5.74) is 2.18. The van der Waals surface area contributed by atoms with Crippen molar-refractivity contribution in [3.63, 3.8) is 0 Å². The molecule has 0 aliphatic carbocycles. The number of nitrogens with zero attached hydrogens (tertiary/aromatic N) is 2. The van der Waals surface area contributed by atoms with E-state index in [4.69, 9.17) is 4.74 Å². The summed E-state index contributed by atoms with van der Waals surface area (Å²) >= 11 is 0. The lowest BCUT2D eigenvalue weighted by atomic mass is 10.1. The highest BCUT2D eigenvalue weighted by Crippen LogP contribution is 2.26. The fraction of sp³-hybridized carbons (Fsp3) is 0.310. The van der Waals surface area contributed by atoms with Gasteiger partial charge in [0, 0.05) is 13.1 Å². The van der Waals surface area contributed by atoms with Gasteiger partial charge in [0.25, 0.3) is 10.0 Å². The Morgan fingerprint density at radius 1 is 0.921 bits per heavy atom. The van der Waals surface area contributed by atoms with Crippen LogP contribution < -0.4 is 14.4 Å². The number of likely N-dealkylation sites (N-methyl/N-ethyl adjacent to an activating group) is 1. The lowest BCUT2D eigenvalue weighted by Crippen LogP contribution is -2.51. The third-order valence-electron chi connectivity index (χ3n) is 6.17. The van der Waals surface area contributed by atoms with E-state index in [1.807, 2.05) is 38.1 Å². The van der Waals surface area contributed by atoms with Crippen molar-refractivity contribution in [1.29, 1.82) is 0 Å². The van der Waals surface area contributed by atoms with E-state index in [-0.39, 0.29) is 17.3 Å². The molecule has 1 N–H and O–H groups in total. The molecule has 9 heteroatoms. The molecule has 0 saturated carbocycles. The molecule has 0 fully saturated rings. The minimum Gasteiger partial charge on any atom is -0.494 e. The standard InChI is InChI=1S/C29H35N3O5S/c1-5-30-29(34)23(4)31(20-24-13-11-10-12-22(24)3)28(33)21-32(25-14-8-7-9-15-25)38(35,36)27-18-16-26(17-19-27)37-6-2/h7-19,23H,5-6,20-21H2,1-4H3,(H,30,34)/t23-/m0/s1. The Bertz CT molecular complexity index is 1330. The minimum atomic E-state index is -4.12.